The molecule has 0 radical (unpaired) electrons. The van der Waals surface area contributed by atoms with Crippen LogP contribution in [0, 0.1) is 11.3 Å². The first-order valence-corrected chi connectivity index (χ1v) is 7.52. The second kappa shape index (κ2) is 9.07. The fourth-order valence-electron chi connectivity index (χ4n) is 2.47. The van der Waals surface area contributed by atoms with E-state index in [1.807, 2.05) is 0 Å². The van der Waals surface area contributed by atoms with Gasteiger partial charge in [-0.05, 0) is 24.2 Å². The van der Waals surface area contributed by atoms with E-state index in [-0.39, 0.29) is 0 Å². The monoisotopic (exact) mass is 226 g/mol. The molecule has 0 heteroatoms. The lowest BCUT2D eigenvalue weighted by Gasteiger charge is -2.31. The van der Waals surface area contributed by atoms with E-state index in [0.717, 1.165) is 5.92 Å². The van der Waals surface area contributed by atoms with Gasteiger partial charge in [0, 0.05) is 0 Å². The predicted octanol–water partition coefficient (Wildman–Crippen LogP) is 6.20. The summed E-state index contributed by atoms with van der Waals surface area (Å²) in [5, 5.41) is 0. The van der Waals surface area contributed by atoms with Crippen LogP contribution in [0.2, 0.25) is 0 Å². The summed E-state index contributed by atoms with van der Waals surface area (Å²) in [6.45, 7) is 11.9. The van der Waals surface area contributed by atoms with Gasteiger partial charge in [0.1, 0.15) is 0 Å². The molecule has 0 saturated carbocycles. The van der Waals surface area contributed by atoms with Crippen molar-refractivity contribution in [2.75, 3.05) is 0 Å². The molecule has 0 aromatic rings. The molecule has 0 aliphatic rings. The molecule has 0 rings (SSSR count). The third kappa shape index (κ3) is 8.19. The van der Waals surface area contributed by atoms with Crippen LogP contribution >= 0.6 is 0 Å². The molecule has 0 aromatic heterocycles. The molecule has 98 valence electrons. The van der Waals surface area contributed by atoms with Crippen LogP contribution in [0.15, 0.2) is 0 Å². The van der Waals surface area contributed by atoms with Crippen molar-refractivity contribution in [3.8, 4) is 0 Å². The standard InChI is InChI=1S/C16H34/c1-6-8-10-12-14-15(16(3,4)5)13-11-9-7-2/h15H,6-14H2,1-5H3. The molecule has 0 nitrogen and oxygen atoms in total. The molecule has 1 atom stereocenters. The highest BCUT2D eigenvalue weighted by Crippen LogP contribution is 2.34. The van der Waals surface area contributed by atoms with Crippen molar-refractivity contribution in [2.24, 2.45) is 11.3 Å². The summed E-state index contributed by atoms with van der Waals surface area (Å²) in [4.78, 5) is 0. The second-order valence-corrected chi connectivity index (χ2v) is 6.41. The Hall–Kier alpha value is 0. The molecule has 0 saturated heterocycles. The van der Waals surface area contributed by atoms with Crippen LogP contribution in [0.3, 0.4) is 0 Å². The zero-order chi connectivity index (χ0) is 12.4. The van der Waals surface area contributed by atoms with Crippen LogP contribution in [0.1, 0.15) is 92.4 Å². The Bertz CT molecular complexity index is 141. The van der Waals surface area contributed by atoms with Gasteiger partial charge in [0.25, 0.3) is 0 Å². The maximum absolute atomic E-state index is 2.42. The molecular formula is C16H34. The first-order chi connectivity index (χ1) is 7.52. The first-order valence-electron chi connectivity index (χ1n) is 7.52. The van der Waals surface area contributed by atoms with Crippen LogP contribution in [-0.2, 0) is 0 Å². The van der Waals surface area contributed by atoms with Crippen LogP contribution in [0.25, 0.3) is 0 Å². The number of rotatable bonds is 9. The fourth-order valence-corrected chi connectivity index (χ4v) is 2.47. The Morgan fingerprint density at radius 3 is 1.56 bits per heavy atom. The van der Waals surface area contributed by atoms with Gasteiger partial charge in [0.15, 0.2) is 0 Å². The molecule has 0 aliphatic heterocycles. The van der Waals surface area contributed by atoms with Gasteiger partial charge in [-0.25, -0.2) is 0 Å². The van der Waals surface area contributed by atoms with Crippen LogP contribution in [-0.4, -0.2) is 0 Å². The summed E-state index contributed by atoms with van der Waals surface area (Å²) >= 11 is 0. The minimum absolute atomic E-state index is 0.514. The summed E-state index contributed by atoms with van der Waals surface area (Å²) in [7, 11) is 0. The van der Waals surface area contributed by atoms with Gasteiger partial charge < -0.3 is 0 Å². The topological polar surface area (TPSA) is 0 Å². The highest BCUT2D eigenvalue weighted by molar-refractivity contribution is 4.74. The molecule has 0 bridgehead atoms. The van der Waals surface area contributed by atoms with E-state index in [1.165, 1.54) is 57.8 Å². The second-order valence-electron chi connectivity index (χ2n) is 6.41. The molecule has 0 amide bonds. The Morgan fingerprint density at radius 1 is 0.688 bits per heavy atom. The molecule has 0 aliphatic carbocycles. The lowest BCUT2D eigenvalue weighted by molar-refractivity contribution is 0.201. The number of hydrogen-bond acceptors (Lipinski definition) is 0. The van der Waals surface area contributed by atoms with E-state index in [0.29, 0.717) is 5.41 Å². The van der Waals surface area contributed by atoms with Crippen molar-refractivity contribution < 1.29 is 0 Å². The molecule has 1 unspecified atom stereocenters. The summed E-state index contributed by atoms with van der Waals surface area (Å²) in [6.07, 6.45) is 12.8. The van der Waals surface area contributed by atoms with Crippen molar-refractivity contribution in [3.63, 3.8) is 0 Å². The normalized spacial score (nSPS) is 14.1. The fraction of sp³-hybridized carbons (Fsp3) is 1.00. The van der Waals surface area contributed by atoms with Crippen LogP contribution in [0.5, 0.6) is 0 Å². The quantitative estimate of drug-likeness (QED) is 0.411. The smallest absolute Gasteiger partial charge is 0.0354 e. The van der Waals surface area contributed by atoms with Gasteiger partial charge in [-0.3, -0.25) is 0 Å². The summed E-state index contributed by atoms with van der Waals surface area (Å²) in [5.74, 6) is 0.941. The minimum Gasteiger partial charge on any atom is -0.0654 e. The van der Waals surface area contributed by atoms with E-state index >= 15 is 0 Å². The number of hydrogen-bond donors (Lipinski definition) is 0. The molecule has 0 aromatic carbocycles. The predicted molar refractivity (Wildman–Crippen MR) is 75.8 cm³/mol. The molecule has 0 N–H and O–H groups in total. The van der Waals surface area contributed by atoms with E-state index in [9.17, 15) is 0 Å². The zero-order valence-electron chi connectivity index (χ0n) is 12.4. The van der Waals surface area contributed by atoms with E-state index in [1.54, 1.807) is 0 Å². The Balaban J connectivity index is 3.82. The Kier molecular flexibility index (Phi) is 9.07. The van der Waals surface area contributed by atoms with Gasteiger partial charge in [-0.1, -0.05) is 79.6 Å². The summed E-state index contributed by atoms with van der Waals surface area (Å²) in [6, 6.07) is 0. The van der Waals surface area contributed by atoms with Crippen molar-refractivity contribution in [1.29, 1.82) is 0 Å². The lowest BCUT2D eigenvalue weighted by atomic mass is 9.75. The van der Waals surface area contributed by atoms with E-state index in [4.69, 9.17) is 0 Å². The third-order valence-corrected chi connectivity index (χ3v) is 3.79. The Morgan fingerprint density at radius 2 is 1.12 bits per heavy atom. The van der Waals surface area contributed by atoms with Gasteiger partial charge in [0.05, 0.1) is 0 Å². The summed E-state index contributed by atoms with van der Waals surface area (Å²) in [5.41, 5.74) is 0.514. The molecular weight excluding hydrogens is 192 g/mol. The molecule has 0 spiro atoms. The van der Waals surface area contributed by atoms with Crippen molar-refractivity contribution in [3.05, 3.63) is 0 Å². The van der Waals surface area contributed by atoms with Crippen LogP contribution in [0.4, 0.5) is 0 Å². The average molecular weight is 226 g/mol. The van der Waals surface area contributed by atoms with Gasteiger partial charge >= 0.3 is 0 Å². The summed E-state index contributed by atoms with van der Waals surface area (Å²) < 4.78 is 0. The van der Waals surface area contributed by atoms with Crippen molar-refractivity contribution in [2.45, 2.75) is 92.4 Å². The van der Waals surface area contributed by atoms with Gasteiger partial charge in [0.2, 0.25) is 0 Å². The highest BCUT2D eigenvalue weighted by Gasteiger charge is 2.23. The number of unbranched alkanes of at least 4 members (excludes halogenated alkanes) is 5. The first kappa shape index (κ1) is 16.0. The largest absolute Gasteiger partial charge is 0.0654 e. The van der Waals surface area contributed by atoms with Crippen LogP contribution < -0.4 is 0 Å². The maximum atomic E-state index is 2.42. The lowest BCUT2D eigenvalue weighted by Crippen LogP contribution is -2.20. The highest BCUT2D eigenvalue weighted by atomic mass is 14.3. The van der Waals surface area contributed by atoms with E-state index in [2.05, 4.69) is 34.6 Å². The minimum atomic E-state index is 0.514. The zero-order valence-corrected chi connectivity index (χ0v) is 12.4. The van der Waals surface area contributed by atoms with Gasteiger partial charge in [-0.2, -0.15) is 0 Å². The Labute approximate surface area is 104 Å². The molecule has 0 fully saturated rings. The average Bonchev–Trinajstić information content (AvgIpc) is 2.20. The SMILES string of the molecule is CCCCCCC(CCCCC)C(C)(C)C. The van der Waals surface area contributed by atoms with Gasteiger partial charge in [-0.15, -0.1) is 0 Å². The van der Waals surface area contributed by atoms with Crippen molar-refractivity contribution >= 4 is 0 Å². The van der Waals surface area contributed by atoms with Crippen molar-refractivity contribution in [1.82, 2.24) is 0 Å². The molecule has 0 heterocycles. The molecule has 16 heavy (non-hydrogen) atoms. The van der Waals surface area contributed by atoms with E-state index < -0.39 is 0 Å². The maximum Gasteiger partial charge on any atom is -0.0354 e. The third-order valence-electron chi connectivity index (χ3n) is 3.79.